The lowest BCUT2D eigenvalue weighted by Crippen LogP contribution is -2.15. The van der Waals surface area contributed by atoms with Gasteiger partial charge in [-0.25, -0.2) is 13.2 Å². The normalized spacial score (nSPS) is 11.4. The summed E-state index contributed by atoms with van der Waals surface area (Å²) >= 11 is 0. The monoisotopic (exact) mass is 347 g/mol. The van der Waals surface area contributed by atoms with Crippen LogP contribution in [0.25, 0.3) is 0 Å². The fraction of sp³-hybridized carbons (Fsp3) is 0.278. The number of ether oxygens (including phenoxy) is 1. The van der Waals surface area contributed by atoms with E-state index in [0.717, 1.165) is 5.56 Å². The highest BCUT2D eigenvalue weighted by Gasteiger charge is 2.19. The molecule has 0 unspecified atom stereocenters. The van der Waals surface area contributed by atoms with Crippen LogP contribution in [0.15, 0.2) is 47.4 Å². The van der Waals surface area contributed by atoms with Gasteiger partial charge in [-0.3, -0.25) is 4.72 Å². The molecule has 0 aliphatic rings. The van der Waals surface area contributed by atoms with Crippen LogP contribution >= 0.6 is 0 Å². The number of carbonyl (C=O) groups excluding carboxylic acids is 1. The van der Waals surface area contributed by atoms with E-state index < -0.39 is 16.0 Å². The van der Waals surface area contributed by atoms with E-state index >= 15 is 0 Å². The predicted molar refractivity (Wildman–Crippen MR) is 93.9 cm³/mol. The first-order valence-corrected chi connectivity index (χ1v) is 9.04. The van der Waals surface area contributed by atoms with E-state index in [0.29, 0.717) is 17.2 Å². The maximum atomic E-state index is 12.6. The molecule has 0 saturated carbocycles. The first-order chi connectivity index (χ1) is 11.2. The third-order valence-corrected chi connectivity index (χ3v) is 5.25. The molecule has 1 N–H and O–H groups in total. The van der Waals surface area contributed by atoms with Crippen molar-refractivity contribution in [1.82, 2.24) is 0 Å². The van der Waals surface area contributed by atoms with Gasteiger partial charge in [0.15, 0.2) is 0 Å². The number of aryl methyl sites for hydroxylation is 1. The summed E-state index contributed by atoms with van der Waals surface area (Å²) in [6.45, 7) is 5.82. The Morgan fingerprint density at radius 3 is 2.25 bits per heavy atom. The van der Waals surface area contributed by atoms with E-state index in [4.69, 9.17) is 0 Å². The van der Waals surface area contributed by atoms with Crippen LogP contribution in [0.5, 0.6) is 0 Å². The number of hydrogen-bond acceptors (Lipinski definition) is 4. The number of nitrogens with one attached hydrogen (secondary N) is 1. The van der Waals surface area contributed by atoms with E-state index in [9.17, 15) is 13.2 Å². The molecular formula is C18H21NO4S. The van der Waals surface area contributed by atoms with Crippen LogP contribution in [0.2, 0.25) is 0 Å². The second-order valence-corrected chi connectivity index (χ2v) is 7.50. The van der Waals surface area contributed by atoms with Crippen molar-refractivity contribution < 1.29 is 17.9 Å². The van der Waals surface area contributed by atoms with Gasteiger partial charge in [0.2, 0.25) is 0 Å². The van der Waals surface area contributed by atoms with Gasteiger partial charge in [0.05, 0.1) is 17.6 Å². The standard InChI is InChI=1S/C18H21NO4S/c1-12(2)14-7-9-16(10-8-14)19-24(21,22)17-11-15(18(20)23-4)6-5-13(17)3/h5-12,19H,1-4H3. The lowest BCUT2D eigenvalue weighted by molar-refractivity contribution is 0.0600. The molecule has 0 saturated heterocycles. The Hall–Kier alpha value is -2.34. The van der Waals surface area contributed by atoms with Crippen molar-refractivity contribution in [2.45, 2.75) is 31.6 Å². The summed E-state index contributed by atoms with van der Waals surface area (Å²) in [7, 11) is -2.54. The van der Waals surface area contributed by atoms with Crippen LogP contribution < -0.4 is 4.72 Å². The molecule has 0 aliphatic heterocycles. The van der Waals surface area contributed by atoms with Gasteiger partial charge < -0.3 is 4.74 Å². The molecule has 6 heteroatoms. The van der Waals surface area contributed by atoms with Crippen molar-refractivity contribution in [2.24, 2.45) is 0 Å². The van der Waals surface area contributed by atoms with Crippen LogP contribution in [-0.4, -0.2) is 21.5 Å². The molecule has 2 rings (SSSR count). The van der Waals surface area contributed by atoms with Crippen LogP contribution in [0, 0.1) is 6.92 Å². The van der Waals surface area contributed by atoms with Crippen molar-refractivity contribution in [1.29, 1.82) is 0 Å². The summed E-state index contributed by atoms with van der Waals surface area (Å²) < 4.78 is 32.5. The zero-order valence-corrected chi connectivity index (χ0v) is 15.0. The Morgan fingerprint density at radius 2 is 1.71 bits per heavy atom. The minimum atomic E-state index is -3.80. The van der Waals surface area contributed by atoms with Gasteiger partial charge in [0.1, 0.15) is 0 Å². The van der Waals surface area contributed by atoms with Crippen molar-refractivity contribution in [2.75, 3.05) is 11.8 Å². The van der Waals surface area contributed by atoms with Gasteiger partial charge >= 0.3 is 5.97 Å². The Kier molecular flexibility index (Phi) is 5.29. The van der Waals surface area contributed by atoms with Crippen molar-refractivity contribution in [3.8, 4) is 0 Å². The quantitative estimate of drug-likeness (QED) is 0.837. The SMILES string of the molecule is COC(=O)c1ccc(C)c(S(=O)(=O)Nc2ccc(C(C)C)cc2)c1. The van der Waals surface area contributed by atoms with E-state index in [2.05, 4.69) is 23.3 Å². The number of esters is 1. The molecule has 5 nitrogen and oxygen atoms in total. The summed E-state index contributed by atoms with van der Waals surface area (Å²) in [5.74, 6) is -0.206. The van der Waals surface area contributed by atoms with E-state index in [1.54, 1.807) is 25.1 Å². The molecule has 0 radical (unpaired) electrons. The zero-order valence-electron chi connectivity index (χ0n) is 14.2. The fourth-order valence-corrected chi connectivity index (χ4v) is 3.61. The van der Waals surface area contributed by atoms with Crippen LogP contribution in [-0.2, 0) is 14.8 Å². The van der Waals surface area contributed by atoms with Gasteiger partial charge in [-0.15, -0.1) is 0 Å². The molecule has 0 fully saturated rings. The molecular weight excluding hydrogens is 326 g/mol. The average molecular weight is 347 g/mol. The van der Waals surface area contributed by atoms with Crippen molar-refractivity contribution in [3.63, 3.8) is 0 Å². The smallest absolute Gasteiger partial charge is 0.337 e. The second-order valence-electron chi connectivity index (χ2n) is 5.85. The molecule has 0 bridgehead atoms. The Balaban J connectivity index is 2.34. The molecule has 0 spiro atoms. The highest BCUT2D eigenvalue weighted by Crippen LogP contribution is 2.23. The van der Waals surface area contributed by atoms with Crippen LogP contribution in [0.1, 0.15) is 41.3 Å². The minimum absolute atomic E-state index is 0.0540. The zero-order chi connectivity index (χ0) is 17.9. The van der Waals surface area contributed by atoms with Crippen LogP contribution in [0.3, 0.4) is 0 Å². The average Bonchev–Trinajstić information content (AvgIpc) is 2.54. The third kappa shape index (κ3) is 3.94. The minimum Gasteiger partial charge on any atom is -0.465 e. The Morgan fingerprint density at radius 1 is 1.08 bits per heavy atom. The maximum Gasteiger partial charge on any atom is 0.337 e. The lowest BCUT2D eigenvalue weighted by atomic mass is 10.0. The van der Waals surface area contributed by atoms with Gasteiger partial charge in [-0.1, -0.05) is 32.0 Å². The van der Waals surface area contributed by atoms with E-state index in [-0.39, 0.29) is 10.5 Å². The third-order valence-electron chi connectivity index (χ3n) is 3.73. The molecule has 0 aliphatic carbocycles. The highest BCUT2D eigenvalue weighted by atomic mass is 32.2. The summed E-state index contributed by atoms with van der Waals surface area (Å²) in [5, 5.41) is 0. The summed E-state index contributed by atoms with van der Waals surface area (Å²) in [6, 6.07) is 11.7. The molecule has 2 aromatic rings. The number of carbonyl (C=O) groups is 1. The number of rotatable bonds is 5. The van der Waals surface area contributed by atoms with Crippen LogP contribution in [0.4, 0.5) is 5.69 Å². The highest BCUT2D eigenvalue weighted by molar-refractivity contribution is 7.92. The molecule has 0 atom stereocenters. The Labute approximate surface area is 142 Å². The topological polar surface area (TPSA) is 72.5 Å². The molecule has 2 aromatic carbocycles. The molecule has 0 amide bonds. The van der Waals surface area contributed by atoms with Crippen molar-refractivity contribution in [3.05, 3.63) is 59.2 Å². The van der Waals surface area contributed by atoms with Gasteiger partial charge in [-0.05, 0) is 48.2 Å². The summed E-state index contributed by atoms with van der Waals surface area (Å²) in [6.07, 6.45) is 0. The first kappa shape index (κ1) is 18.0. The number of anilines is 1. The number of hydrogen-bond donors (Lipinski definition) is 1. The fourth-order valence-electron chi connectivity index (χ4n) is 2.28. The van der Waals surface area contributed by atoms with E-state index in [1.807, 2.05) is 12.1 Å². The number of methoxy groups -OCH3 is 1. The van der Waals surface area contributed by atoms with Crippen molar-refractivity contribution >= 4 is 21.7 Å². The maximum absolute atomic E-state index is 12.6. The number of benzene rings is 2. The lowest BCUT2D eigenvalue weighted by Gasteiger charge is -2.12. The largest absolute Gasteiger partial charge is 0.465 e. The summed E-state index contributed by atoms with van der Waals surface area (Å²) in [5.41, 5.74) is 2.34. The Bertz CT molecular complexity index is 840. The molecule has 128 valence electrons. The first-order valence-electron chi connectivity index (χ1n) is 7.56. The predicted octanol–water partition coefficient (Wildman–Crippen LogP) is 3.71. The van der Waals surface area contributed by atoms with Gasteiger partial charge in [-0.2, -0.15) is 0 Å². The number of sulfonamides is 1. The second kappa shape index (κ2) is 7.05. The van der Waals surface area contributed by atoms with Gasteiger partial charge in [0.25, 0.3) is 10.0 Å². The summed E-state index contributed by atoms with van der Waals surface area (Å²) in [4.78, 5) is 11.7. The van der Waals surface area contributed by atoms with Gasteiger partial charge in [0, 0.05) is 5.69 Å². The molecule has 0 heterocycles. The van der Waals surface area contributed by atoms with E-state index in [1.165, 1.54) is 19.2 Å². The molecule has 0 aromatic heterocycles. The molecule has 24 heavy (non-hydrogen) atoms.